The Morgan fingerprint density at radius 1 is 0.909 bits per heavy atom. The number of benzene rings is 1. The summed E-state index contributed by atoms with van der Waals surface area (Å²) in [5, 5.41) is 1.41. The summed E-state index contributed by atoms with van der Waals surface area (Å²) >= 11 is 0. The molecule has 0 N–H and O–H groups in total. The van der Waals surface area contributed by atoms with E-state index >= 15 is 0 Å². The van der Waals surface area contributed by atoms with Crippen LogP contribution in [0.2, 0.25) is 0 Å². The number of anilines is 1. The molecule has 2 heterocycles. The van der Waals surface area contributed by atoms with Crippen LogP contribution in [0, 0.1) is 27.7 Å². The number of likely N-dealkylation sites (N-methyl/N-ethyl adjacent to an activating group) is 1. The maximum absolute atomic E-state index is 5.21. The molecule has 3 aromatic rings. The smallest absolute Gasteiger partial charge is 0.147 e. The molecule has 0 fully saturated rings. The van der Waals surface area contributed by atoms with Gasteiger partial charge in [-0.15, -0.1) is 0 Å². The third-order valence-corrected chi connectivity index (χ3v) is 7.13. The molecule has 1 aromatic carbocycles. The van der Waals surface area contributed by atoms with Crippen LogP contribution < -0.4 is 4.90 Å². The molecular formula is C29H42N4. The SMILES string of the molecule is CCCCN(CCN(C)C)c1cc(C)nc2c1c1c(n2-c2c(C)cc(C)cc2C)CCCC1. The maximum atomic E-state index is 5.21. The van der Waals surface area contributed by atoms with Crippen molar-refractivity contribution in [3.8, 4) is 5.69 Å². The molecule has 4 rings (SSSR count). The zero-order chi connectivity index (χ0) is 23.7. The third-order valence-electron chi connectivity index (χ3n) is 7.13. The minimum absolute atomic E-state index is 1.05. The molecule has 4 heteroatoms. The molecule has 178 valence electrons. The van der Waals surface area contributed by atoms with Gasteiger partial charge in [-0.25, -0.2) is 4.98 Å². The van der Waals surface area contributed by atoms with Crippen LogP contribution in [0.15, 0.2) is 18.2 Å². The van der Waals surface area contributed by atoms with Gasteiger partial charge >= 0.3 is 0 Å². The summed E-state index contributed by atoms with van der Waals surface area (Å²) in [4.78, 5) is 10.1. The number of pyridine rings is 1. The average molecular weight is 447 g/mol. The van der Waals surface area contributed by atoms with Crippen molar-refractivity contribution in [3.63, 3.8) is 0 Å². The van der Waals surface area contributed by atoms with E-state index in [9.17, 15) is 0 Å². The average Bonchev–Trinajstić information content (AvgIpc) is 3.07. The van der Waals surface area contributed by atoms with Gasteiger partial charge in [0.2, 0.25) is 0 Å². The Hall–Kier alpha value is -2.33. The van der Waals surface area contributed by atoms with Crippen LogP contribution in [0.3, 0.4) is 0 Å². The summed E-state index contributed by atoms with van der Waals surface area (Å²) in [5.74, 6) is 0. The van der Waals surface area contributed by atoms with Crippen LogP contribution in [-0.4, -0.2) is 48.2 Å². The minimum Gasteiger partial charge on any atom is -0.370 e. The second-order valence-corrected chi connectivity index (χ2v) is 10.3. The fourth-order valence-corrected chi connectivity index (χ4v) is 5.66. The van der Waals surface area contributed by atoms with Gasteiger partial charge in [0, 0.05) is 42.1 Å². The van der Waals surface area contributed by atoms with Crippen molar-refractivity contribution in [2.24, 2.45) is 0 Å². The molecule has 0 spiro atoms. The van der Waals surface area contributed by atoms with E-state index in [0.717, 1.165) is 38.2 Å². The van der Waals surface area contributed by atoms with Gasteiger partial charge in [-0.05, 0) is 96.7 Å². The molecule has 2 aromatic heterocycles. The Kier molecular flexibility index (Phi) is 7.13. The van der Waals surface area contributed by atoms with Gasteiger partial charge in [-0.2, -0.15) is 0 Å². The summed E-state index contributed by atoms with van der Waals surface area (Å²) in [7, 11) is 4.35. The van der Waals surface area contributed by atoms with E-state index in [0.29, 0.717) is 0 Å². The Balaban J connectivity index is 2.00. The van der Waals surface area contributed by atoms with Crippen molar-refractivity contribution in [2.45, 2.75) is 73.1 Å². The van der Waals surface area contributed by atoms with Crippen molar-refractivity contribution < 1.29 is 0 Å². The fourth-order valence-electron chi connectivity index (χ4n) is 5.66. The predicted octanol–water partition coefficient (Wildman–Crippen LogP) is 6.31. The molecule has 0 unspecified atom stereocenters. The zero-order valence-electron chi connectivity index (χ0n) is 21.9. The predicted molar refractivity (Wildman–Crippen MR) is 142 cm³/mol. The molecule has 0 bridgehead atoms. The number of aryl methyl sites for hydroxylation is 5. The molecule has 0 aliphatic heterocycles. The van der Waals surface area contributed by atoms with Crippen molar-refractivity contribution >= 4 is 16.7 Å². The second-order valence-electron chi connectivity index (χ2n) is 10.3. The molecule has 1 aliphatic rings. The monoisotopic (exact) mass is 446 g/mol. The molecule has 0 saturated heterocycles. The van der Waals surface area contributed by atoms with Gasteiger partial charge in [0.1, 0.15) is 5.65 Å². The Morgan fingerprint density at radius 2 is 1.61 bits per heavy atom. The van der Waals surface area contributed by atoms with E-state index < -0.39 is 0 Å². The van der Waals surface area contributed by atoms with Gasteiger partial charge < -0.3 is 9.80 Å². The fraction of sp³-hybridized carbons (Fsp3) is 0.552. The normalized spacial score (nSPS) is 13.7. The van der Waals surface area contributed by atoms with Crippen LogP contribution in [0.1, 0.15) is 66.2 Å². The van der Waals surface area contributed by atoms with E-state index in [1.54, 1.807) is 5.56 Å². The van der Waals surface area contributed by atoms with Crippen LogP contribution >= 0.6 is 0 Å². The molecular weight excluding hydrogens is 404 g/mol. The molecule has 0 amide bonds. The van der Waals surface area contributed by atoms with Crippen molar-refractivity contribution in [1.82, 2.24) is 14.5 Å². The number of hydrogen-bond donors (Lipinski definition) is 0. The Labute approximate surface area is 200 Å². The van der Waals surface area contributed by atoms with Crippen molar-refractivity contribution in [3.05, 3.63) is 51.8 Å². The summed E-state index contributed by atoms with van der Waals surface area (Å²) in [6.07, 6.45) is 7.28. The third kappa shape index (κ3) is 4.68. The maximum Gasteiger partial charge on any atom is 0.147 e. The number of unbranched alkanes of at least 4 members (excludes halogenated alkanes) is 1. The van der Waals surface area contributed by atoms with E-state index in [1.165, 1.54) is 70.5 Å². The number of nitrogens with zero attached hydrogens (tertiary/aromatic N) is 4. The van der Waals surface area contributed by atoms with Gasteiger partial charge in [0.25, 0.3) is 0 Å². The molecule has 0 saturated carbocycles. The van der Waals surface area contributed by atoms with Gasteiger partial charge in [-0.3, -0.25) is 4.57 Å². The Morgan fingerprint density at radius 3 is 2.27 bits per heavy atom. The minimum atomic E-state index is 1.05. The quantitative estimate of drug-likeness (QED) is 0.405. The van der Waals surface area contributed by atoms with E-state index in [-0.39, 0.29) is 0 Å². The first-order valence-electron chi connectivity index (χ1n) is 12.8. The van der Waals surface area contributed by atoms with Crippen LogP contribution in [0.4, 0.5) is 5.69 Å². The van der Waals surface area contributed by atoms with Gasteiger partial charge in [0.05, 0.1) is 5.69 Å². The number of hydrogen-bond acceptors (Lipinski definition) is 3. The summed E-state index contributed by atoms with van der Waals surface area (Å²) in [5.41, 5.74) is 12.1. The highest BCUT2D eigenvalue weighted by atomic mass is 15.2. The standard InChI is InChI=1S/C29H42N4/c1-8-9-14-32(16-15-31(6)7)26-19-23(5)30-29-27(26)24-12-10-11-13-25(24)33(29)28-21(3)17-20(2)18-22(28)4/h17-19H,8-16H2,1-7H3. The number of aromatic nitrogens is 2. The van der Waals surface area contributed by atoms with Crippen LogP contribution in [0.25, 0.3) is 16.7 Å². The Bertz CT molecular complexity index is 1120. The highest BCUT2D eigenvalue weighted by molar-refractivity contribution is 5.96. The van der Waals surface area contributed by atoms with Gasteiger partial charge in [0.15, 0.2) is 0 Å². The van der Waals surface area contributed by atoms with Crippen molar-refractivity contribution in [2.75, 3.05) is 38.6 Å². The van der Waals surface area contributed by atoms with Crippen molar-refractivity contribution in [1.29, 1.82) is 0 Å². The topological polar surface area (TPSA) is 24.3 Å². The molecule has 0 radical (unpaired) electrons. The van der Waals surface area contributed by atoms with Crippen LogP contribution in [0.5, 0.6) is 0 Å². The highest BCUT2D eigenvalue weighted by Crippen LogP contribution is 2.40. The van der Waals surface area contributed by atoms with E-state index in [2.05, 4.69) is 81.3 Å². The first-order chi connectivity index (χ1) is 15.8. The first kappa shape index (κ1) is 23.8. The lowest BCUT2D eigenvalue weighted by Crippen LogP contribution is -2.32. The molecule has 1 aliphatic carbocycles. The lowest BCUT2D eigenvalue weighted by atomic mass is 9.94. The first-order valence-corrected chi connectivity index (χ1v) is 12.8. The van der Waals surface area contributed by atoms with Crippen LogP contribution in [-0.2, 0) is 12.8 Å². The highest BCUT2D eigenvalue weighted by Gasteiger charge is 2.27. The lowest BCUT2D eigenvalue weighted by Gasteiger charge is -2.28. The largest absolute Gasteiger partial charge is 0.370 e. The zero-order valence-corrected chi connectivity index (χ0v) is 21.9. The van der Waals surface area contributed by atoms with Gasteiger partial charge in [-0.1, -0.05) is 31.0 Å². The summed E-state index contributed by atoms with van der Waals surface area (Å²) in [6.45, 7) is 14.4. The number of fused-ring (bicyclic) bond motifs is 3. The molecule has 4 nitrogen and oxygen atoms in total. The molecule has 0 atom stereocenters. The summed E-state index contributed by atoms with van der Waals surface area (Å²) < 4.78 is 2.54. The summed E-state index contributed by atoms with van der Waals surface area (Å²) in [6, 6.07) is 7.00. The molecule has 33 heavy (non-hydrogen) atoms. The second kappa shape index (κ2) is 9.89. The van der Waals surface area contributed by atoms with E-state index in [1.807, 2.05) is 0 Å². The lowest BCUT2D eigenvalue weighted by molar-refractivity contribution is 0.412. The van der Waals surface area contributed by atoms with E-state index in [4.69, 9.17) is 4.98 Å². The number of rotatable bonds is 8.